The van der Waals surface area contributed by atoms with Crippen molar-refractivity contribution in [3.05, 3.63) is 47.4 Å². The number of nitrogens with one attached hydrogen (secondary N) is 1. The molecule has 1 aromatic carbocycles. The molecule has 0 spiro atoms. The third-order valence-corrected chi connectivity index (χ3v) is 9.22. The highest BCUT2D eigenvalue weighted by Crippen LogP contribution is 2.55. The summed E-state index contributed by atoms with van der Waals surface area (Å²) in [6.07, 6.45) is -4.06. The van der Waals surface area contributed by atoms with E-state index in [0.717, 1.165) is 10.2 Å². The van der Waals surface area contributed by atoms with Crippen molar-refractivity contribution in [2.24, 2.45) is 0 Å². The van der Waals surface area contributed by atoms with Crippen LogP contribution in [0.25, 0.3) is 11.0 Å². The zero-order valence-corrected chi connectivity index (χ0v) is 21.6. The van der Waals surface area contributed by atoms with Crippen LogP contribution in [0.5, 0.6) is 0 Å². The van der Waals surface area contributed by atoms with Gasteiger partial charge in [0.1, 0.15) is 11.9 Å². The maximum absolute atomic E-state index is 11.9. The SMILES string of the molecule is C[C@H](Nc1nc(Cl)nc2c1cnn2[C@@H]1O[C@H](COP(=O)(O)CP(=O)(O)O)C(O)(O)[C@H]1O)c1ccccc1. The number of anilines is 1. The Morgan fingerprint density at radius 1 is 1.22 bits per heavy atom. The summed E-state index contributed by atoms with van der Waals surface area (Å²) in [6, 6.07) is 9.28. The highest BCUT2D eigenvalue weighted by Gasteiger charge is 2.56. The molecule has 3 heterocycles. The third-order valence-electron chi connectivity index (χ3n) is 5.59. The minimum atomic E-state index is -4.91. The van der Waals surface area contributed by atoms with E-state index in [0.29, 0.717) is 11.2 Å². The standard InChI is InChI=1S/C19H24ClN5O10P2/c1-10(11-5-3-2-4-6-11)22-15-12-7-21-25(16(12)24-18(20)23-15)17-14(26)19(27,28)13(35-17)8-34-37(32,33)9-36(29,30)31/h2-7,10,13-14,17,26-28H,8-9H2,1H3,(H,32,33)(H,22,23,24)(H2,29,30,31)/t10-,13+,14-,17+/m0/s1. The summed E-state index contributed by atoms with van der Waals surface area (Å²) in [7, 11) is -9.74. The predicted octanol–water partition coefficient (Wildman–Crippen LogP) is 0.929. The van der Waals surface area contributed by atoms with Gasteiger partial charge in [0, 0.05) is 6.04 Å². The summed E-state index contributed by atoms with van der Waals surface area (Å²) in [5.41, 5.74) is 1.03. The Hall–Kier alpha value is -2.00. The zero-order chi connectivity index (χ0) is 27.2. The molecule has 1 unspecified atom stereocenters. The molecule has 1 aliphatic rings. The number of hydrogen-bond acceptors (Lipinski definition) is 11. The molecule has 4 rings (SSSR count). The Balaban J connectivity index is 1.59. The number of fused-ring (bicyclic) bond motifs is 1. The maximum atomic E-state index is 11.9. The first kappa shape index (κ1) is 28.0. The number of aromatic nitrogens is 4. The molecule has 15 nitrogen and oxygen atoms in total. The Morgan fingerprint density at radius 3 is 2.54 bits per heavy atom. The van der Waals surface area contributed by atoms with E-state index in [4.69, 9.17) is 26.1 Å². The largest absolute Gasteiger partial charge is 0.383 e. The van der Waals surface area contributed by atoms with E-state index in [1.54, 1.807) is 0 Å². The Morgan fingerprint density at radius 2 is 1.89 bits per heavy atom. The van der Waals surface area contributed by atoms with Gasteiger partial charge in [0.25, 0.3) is 0 Å². The zero-order valence-electron chi connectivity index (χ0n) is 19.1. The quantitative estimate of drug-likeness (QED) is 0.106. The number of aliphatic hydroxyl groups is 3. The lowest BCUT2D eigenvalue weighted by molar-refractivity contribution is -0.234. The van der Waals surface area contributed by atoms with Gasteiger partial charge >= 0.3 is 15.2 Å². The number of ether oxygens (including phenoxy) is 1. The van der Waals surface area contributed by atoms with Gasteiger partial charge in [-0.1, -0.05) is 30.3 Å². The minimum absolute atomic E-state index is 0.0681. The first-order valence-corrected chi connectivity index (χ1v) is 14.6. The van der Waals surface area contributed by atoms with Gasteiger partial charge in [-0.3, -0.25) is 9.13 Å². The number of aliphatic hydroxyl groups excluding tert-OH is 1. The van der Waals surface area contributed by atoms with Crippen LogP contribution in [0.2, 0.25) is 5.28 Å². The Kier molecular flexibility index (Phi) is 7.79. The fraction of sp³-hybridized carbons (Fsp3) is 0.421. The fourth-order valence-electron chi connectivity index (χ4n) is 3.78. The first-order chi connectivity index (χ1) is 17.2. The van der Waals surface area contributed by atoms with Gasteiger partial charge in [-0.2, -0.15) is 15.1 Å². The molecule has 7 N–H and O–H groups in total. The molecule has 0 aliphatic carbocycles. The summed E-state index contributed by atoms with van der Waals surface area (Å²) >= 11 is 6.11. The van der Waals surface area contributed by atoms with Crippen LogP contribution in [0.3, 0.4) is 0 Å². The number of halogens is 1. The second-order valence-corrected chi connectivity index (χ2v) is 12.8. The second-order valence-electron chi connectivity index (χ2n) is 8.43. The molecule has 202 valence electrons. The lowest BCUT2D eigenvalue weighted by Gasteiger charge is -2.25. The van der Waals surface area contributed by atoms with Crippen molar-refractivity contribution in [1.29, 1.82) is 0 Å². The van der Waals surface area contributed by atoms with Crippen LogP contribution in [0.15, 0.2) is 36.5 Å². The van der Waals surface area contributed by atoms with E-state index in [2.05, 4.69) is 24.9 Å². The van der Waals surface area contributed by atoms with Gasteiger partial charge < -0.3 is 44.6 Å². The van der Waals surface area contributed by atoms with Crippen molar-refractivity contribution in [3.63, 3.8) is 0 Å². The van der Waals surface area contributed by atoms with Gasteiger partial charge in [0.05, 0.1) is 18.2 Å². The molecule has 37 heavy (non-hydrogen) atoms. The first-order valence-electron chi connectivity index (χ1n) is 10.7. The second kappa shape index (κ2) is 10.3. The fourth-order valence-corrected chi connectivity index (χ4v) is 6.50. The molecule has 5 atom stereocenters. The highest BCUT2D eigenvalue weighted by atomic mass is 35.5. The lowest BCUT2D eigenvalue weighted by atomic mass is 10.1. The van der Waals surface area contributed by atoms with Crippen LogP contribution in [0.4, 0.5) is 5.82 Å². The van der Waals surface area contributed by atoms with Crippen molar-refractivity contribution in [2.45, 2.75) is 37.2 Å². The molecular weight excluding hydrogens is 556 g/mol. The van der Waals surface area contributed by atoms with E-state index in [1.165, 1.54) is 6.20 Å². The Bertz CT molecular complexity index is 1370. The smallest absolute Gasteiger partial charge is 0.340 e. The van der Waals surface area contributed by atoms with Crippen molar-refractivity contribution in [2.75, 3.05) is 17.8 Å². The molecule has 0 amide bonds. The molecule has 1 fully saturated rings. The third kappa shape index (κ3) is 6.19. The van der Waals surface area contributed by atoms with Crippen molar-refractivity contribution >= 4 is 43.6 Å². The molecule has 0 bridgehead atoms. The maximum Gasteiger partial charge on any atom is 0.340 e. The normalized spacial score (nSPS) is 24.2. The summed E-state index contributed by atoms with van der Waals surface area (Å²) in [6.45, 7) is 0.902. The number of nitrogens with zero attached hydrogens (tertiary/aromatic N) is 4. The average molecular weight is 580 g/mol. The summed E-state index contributed by atoms with van der Waals surface area (Å²) < 4.78 is 34.1. The minimum Gasteiger partial charge on any atom is -0.383 e. The van der Waals surface area contributed by atoms with Crippen LogP contribution >= 0.6 is 26.8 Å². The summed E-state index contributed by atoms with van der Waals surface area (Å²) in [5.74, 6) is -4.17. The van der Waals surface area contributed by atoms with E-state index in [-0.39, 0.29) is 17.0 Å². The monoisotopic (exact) mass is 579 g/mol. The van der Waals surface area contributed by atoms with Gasteiger partial charge in [-0.15, -0.1) is 0 Å². The average Bonchev–Trinajstić information content (AvgIpc) is 3.30. The number of benzene rings is 1. The van der Waals surface area contributed by atoms with Crippen molar-refractivity contribution in [3.8, 4) is 0 Å². The van der Waals surface area contributed by atoms with Gasteiger partial charge in [-0.05, 0) is 24.1 Å². The molecule has 2 aromatic heterocycles. The van der Waals surface area contributed by atoms with Crippen molar-refractivity contribution < 1.29 is 48.4 Å². The lowest BCUT2D eigenvalue weighted by Crippen LogP contribution is -2.49. The summed E-state index contributed by atoms with van der Waals surface area (Å²) in [5, 5.41) is 38.9. The van der Waals surface area contributed by atoms with Crippen molar-refractivity contribution in [1.82, 2.24) is 19.7 Å². The van der Waals surface area contributed by atoms with Gasteiger partial charge in [0.2, 0.25) is 11.1 Å². The van der Waals surface area contributed by atoms with E-state index in [1.807, 2.05) is 37.3 Å². The van der Waals surface area contributed by atoms with Gasteiger partial charge in [-0.25, -0.2) is 4.68 Å². The summed E-state index contributed by atoms with van der Waals surface area (Å²) in [4.78, 5) is 35.8. The molecule has 1 saturated heterocycles. The molecule has 1 aliphatic heterocycles. The van der Waals surface area contributed by atoms with Crippen LogP contribution in [0, 0.1) is 0 Å². The molecule has 0 saturated carbocycles. The van der Waals surface area contributed by atoms with Crippen LogP contribution in [0.1, 0.15) is 24.8 Å². The topological polar surface area (TPSA) is 230 Å². The van der Waals surface area contributed by atoms with Crippen LogP contribution < -0.4 is 5.32 Å². The van der Waals surface area contributed by atoms with Gasteiger partial charge in [0.15, 0.2) is 23.9 Å². The number of rotatable bonds is 9. The number of hydrogen-bond donors (Lipinski definition) is 7. The predicted molar refractivity (Wildman–Crippen MR) is 129 cm³/mol. The molecular formula is C19H24ClN5O10P2. The van der Waals surface area contributed by atoms with E-state index >= 15 is 0 Å². The molecule has 18 heteroatoms. The van der Waals surface area contributed by atoms with E-state index < -0.39 is 51.9 Å². The molecule has 0 radical (unpaired) electrons. The van der Waals surface area contributed by atoms with Crippen LogP contribution in [-0.2, 0) is 18.4 Å². The molecule has 3 aromatic rings. The van der Waals surface area contributed by atoms with E-state index in [9.17, 15) is 29.3 Å². The Labute approximate surface area is 214 Å². The highest BCUT2D eigenvalue weighted by molar-refractivity contribution is 7.70. The van der Waals surface area contributed by atoms with Crippen LogP contribution in [-0.4, -0.2) is 80.3 Å².